The summed E-state index contributed by atoms with van der Waals surface area (Å²) in [7, 11) is -3.73. The van der Waals surface area contributed by atoms with Gasteiger partial charge in [0.2, 0.25) is 15.9 Å². The minimum absolute atomic E-state index is 0.155. The van der Waals surface area contributed by atoms with Gasteiger partial charge in [0.1, 0.15) is 12.3 Å². The fourth-order valence-electron chi connectivity index (χ4n) is 2.32. The normalized spacial score (nSPS) is 11.1. The van der Waals surface area contributed by atoms with Crippen LogP contribution in [0, 0.1) is 0 Å². The van der Waals surface area contributed by atoms with E-state index in [0.717, 1.165) is 21.9 Å². The molecule has 1 N–H and O–H groups in total. The first-order valence-corrected chi connectivity index (χ1v) is 10.7. The minimum atomic E-state index is -3.73. The molecule has 2 rings (SSSR count). The van der Waals surface area contributed by atoms with Crippen molar-refractivity contribution in [3.8, 4) is 5.75 Å². The second kappa shape index (κ2) is 9.30. The van der Waals surface area contributed by atoms with Crippen LogP contribution in [0.2, 0.25) is 10.0 Å². The number of ether oxygens (including phenoxy) is 1. The summed E-state index contributed by atoms with van der Waals surface area (Å²) >= 11 is 12.0. The third-order valence-electron chi connectivity index (χ3n) is 3.59. The lowest BCUT2D eigenvalue weighted by molar-refractivity contribution is -0.119. The van der Waals surface area contributed by atoms with Crippen LogP contribution >= 0.6 is 23.2 Å². The van der Waals surface area contributed by atoms with E-state index >= 15 is 0 Å². The topological polar surface area (TPSA) is 75.7 Å². The zero-order valence-electron chi connectivity index (χ0n) is 14.9. The van der Waals surface area contributed by atoms with Gasteiger partial charge in [-0.25, -0.2) is 8.42 Å². The molecule has 0 heterocycles. The molecule has 9 heteroatoms. The van der Waals surface area contributed by atoms with Gasteiger partial charge < -0.3 is 10.1 Å². The van der Waals surface area contributed by atoms with Crippen molar-refractivity contribution in [2.75, 3.05) is 23.7 Å². The quantitative estimate of drug-likeness (QED) is 0.695. The van der Waals surface area contributed by atoms with Crippen molar-refractivity contribution in [3.05, 3.63) is 58.1 Å². The van der Waals surface area contributed by atoms with Gasteiger partial charge in [-0.05, 0) is 42.8 Å². The first kappa shape index (κ1) is 21.3. The van der Waals surface area contributed by atoms with Crippen LogP contribution in [0.4, 0.5) is 5.69 Å². The summed E-state index contributed by atoms with van der Waals surface area (Å²) in [5.74, 6) is 0.275. The van der Waals surface area contributed by atoms with Gasteiger partial charge in [-0.2, -0.15) is 0 Å². The summed E-state index contributed by atoms with van der Waals surface area (Å²) in [6.45, 7) is 2.32. The molecule has 27 heavy (non-hydrogen) atoms. The molecule has 2 aromatic carbocycles. The SMILES string of the molecule is CCOc1ccc(CNC(=O)CN(c2cc(Cl)ccc2Cl)S(C)(=O)=O)cc1. The summed E-state index contributed by atoms with van der Waals surface area (Å²) < 4.78 is 30.6. The maximum absolute atomic E-state index is 12.3. The third-order valence-corrected chi connectivity index (χ3v) is 5.27. The van der Waals surface area contributed by atoms with Crippen LogP contribution in [-0.4, -0.2) is 33.7 Å². The van der Waals surface area contributed by atoms with Gasteiger partial charge >= 0.3 is 0 Å². The Hall–Kier alpha value is -1.96. The Morgan fingerprint density at radius 2 is 1.81 bits per heavy atom. The zero-order valence-corrected chi connectivity index (χ0v) is 17.2. The van der Waals surface area contributed by atoms with Gasteiger partial charge in [-0.15, -0.1) is 0 Å². The molecule has 0 saturated heterocycles. The smallest absolute Gasteiger partial charge is 0.241 e. The standard InChI is InChI=1S/C18H20Cl2N2O4S/c1-3-26-15-7-4-13(5-8-15)11-21-18(23)12-22(27(2,24)25)17-10-14(19)6-9-16(17)20/h4-10H,3,11-12H2,1-2H3,(H,21,23). The molecule has 0 atom stereocenters. The lowest BCUT2D eigenvalue weighted by atomic mass is 10.2. The number of carbonyl (C=O) groups excluding carboxylic acids is 1. The van der Waals surface area contributed by atoms with E-state index in [0.29, 0.717) is 11.6 Å². The molecule has 0 aliphatic rings. The number of hydrogen-bond donors (Lipinski definition) is 1. The molecule has 0 spiro atoms. The number of benzene rings is 2. The first-order valence-electron chi connectivity index (χ1n) is 8.12. The van der Waals surface area contributed by atoms with Crippen LogP contribution in [0.3, 0.4) is 0 Å². The van der Waals surface area contributed by atoms with Crippen molar-refractivity contribution < 1.29 is 17.9 Å². The molecule has 2 aromatic rings. The van der Waals surface area contributed by atoms with Crippen molar-refractivity contribution in [2.24, 2.45) is 0 Å². The predicted octanol–water partition coefficient (Wildman–Crippen LogP) is 3.47. The summed E-state index contributed by atoms with van der Waals surface area (Å²) in [5.41, 5.74) is 1.02. The molecular formula is C18H20Cl2N2O4S. The molecule has 0 saturated carbocycles. The van der Waals surface area contributed by atoms with Crippen LogP contribution in [0.25, 0.3) is 0 Å². The summed E-state index contributed by atoms with van der Waals surface area (Å²) in [6, 6.07) is 11.7. The van der Waals surface area contributed by atoms with Gasteiger partial charge in [-0.3, -0.25) is 9.10 Å². The Morgan fingerprint density at radius 3 is 2.41 bits per heavy atom. The average molecular weight is 431 g/mol. The van der Waals surface area contributed by atoms with Gasteiger partial charge in [-0.1, -0.05) is 35.3 Å². The average Bonchev–Trinajstić information content (AvgIpc) is 2.61. The molecule has 0 aromatic heterocycles. The highest BCUT2D eigenvalue weighted by Gasteiger charge is 2.23. The van der Waals surface area contributed by atoms with Crippen molar-refractivity contribution >= 4 is 44.8 Å². The van der Waals surface area contributed by atoms with Crippen molar-refractivity contribution in [2.45, 2.75) is 13.5 Å². The number of hydrogen-bond acceptors (Lipinski definition) is 4. The zero-order chi connectivity index (χ0) is 20.0. The third kappa shape index (κ3) is 6.30. The van der Waals surface area contributed by atoms with E-state index in [2.05, 4.69) is 5.32 Å². The Labute approximate surface area is 169 Å². The van der Waals surface area contributed by atoms with E-state index in [4.69, 9.17) is 27.9 Å². The number of anilines is 1. The monoisotopic (exact) mass is 430 g/mol. The van der Waals surface area contributed by atoms with Crippen LogP contribution in [-0.2, 0) is 21.4 Å². The molecule has 0 radical (unpaired) electrons. The number of nitrogens with one attached hydrogen (secondary N) is 1. The Balaban J connectivity index is 2.07. The lowest BCUT2D eigenvalue weighted by Crippen LogP contribution is -2.40. The fraction of sp³-hybridized carbons (Fsp3) is 0.278. The Morgan fingerprint density at radius 1 is 1.15 bits per heavy atom. The molecule has 1 amide bonds. The molecule has 0 aliphatic heterocycles. The van der Waals surface area contributed by atoms with E-state index in [-0.39, 0.29) is 17.3 Å². The number of rotatable bonds is 8. The highest BCUT2D eigenvalue weighted by Crippen LogP contribution is 2.30. The van der Waals surface area contributed by atoms with Gasteiger partial charge in [0.15, 0.2) is 0 Å². The highest BCUT2D eigenvalue weighted by molar-refractivity contribution is 7.92. The van der Waals surface area contributed by atoms with Crippen molar-refractivity contribution in [3.63, 3.8) is 0 Å². The minimum Gasteiger partial charge on any atom is -0.494 e. The number of sulfonamides is 1. The molecule has 0 aliphatic carbocycles. The molecule has 146 valence electrons. The van der Waals surface area contributed by atoms with E-state index in [9.17, 15) is 13.2 Å². The predicted molar refractivity (Wildman–Crippen MR) is 108 cm³/mol. The second-order valence-corrected chi connectivity index (χ2v) is 8.47. The molecule has 0 fully saturated rings. The summed E-state index contributed by atoms with van der Waals surface area (Å²) in [5, 5.41) is 3.20. The van der Waals surface area contributed by atoms with Crippen LogP contribution in [0.5, 0.6) is 5.75 Å². The lowest BCUT2D eigenvalue weighted by Gasteiger charge is -2.23. The van der Waals surface area contributed by atoms with Crippen LogP contribution < -0.4 is 14.4 Å². The van der Waals surface area contributed by atoms with Crippen LogP contribution in [0.15, 0.2) is 42.5 Å². The van der Waals surface area contributed by atoms with Crippen molar-refractivity contribution in [1.82, 2.24) is 5.32 Å². The number of carbonyl (C=O) groups is 1. The molecule has 0 unspecified atom stereocenters. The molecule has 6 nitrogen and oxygen atoms in total. The number of nitrogens with zero attached hydrogens (tertiary/aromatic N) is 1. The van der Waals surface area contributed by atoms with E-state index in [1.807, 2.05) is 19.1 Å². The van der Waals surface area contributed by atoms with Gasteiger partial charge in [0.05, 0.1) is 23.6 Å². The Kier molecular flexibility index (Phi) is 7.35. The molecular weight excluding hydrogens is 411 g/mol. The fourth-order valence-corrected chi connectivity index (χ4v) is 3.61. The summed E-state index contributed by atoms with van der Waals surface area (Å²) in [4.78, 5) is 12.3. The number of halogens is 2. The molecule has 0 bridgehead atoms. The van der Waals surface area contributed by atoms with Gasteiger partial charge in [0, 0.05) is 11.6 Å². The van der Waals surface area contributed by atoms with Gasteiger partial charge in [0.25, 0.3) is 0 Å². The highest BCUT2D eigenvalue weighted by atomic mass is 35.5. The van der Waals surface area contributed by atoms with Crippen LogP contribution in [0.1, 0.15) is 12.5 Å². The number of amides is 1. The van der Waals surface area contributed by atoms with Crippen molar-refractivity contribution in [1.29, 1.82) is 0 Å². The van der Waals surface area contributed by atoms with E-state index < -0.39 is 22.5 Å². The summed E-state index contributed by atoms with van der Waals surface area (Å²) in [6.07, 6.45) is 1.00. The second-order valence-electron chi connectivity index (χ2n) is 5.72. The first-order chi connectivity index (χ1) is 12.7. The van der Waals surface area contributed by atoms with E-state index in [1.54, 1.807) is 18.2 Å². The maximum atomic E-state index is 12.3. The maximum Gasteiger partial charge on any atom is 0.241 e. The van der Waals surface area contributed by atoms with E-state index in [1.165, 1.54) is 12.1 Å². The Bertz CT molecular complexity index is 902. The largest absolute Gasteiger partial charge is 0.494 e.